The second kappa shape index (κ2) is 12.6. The van der Waals surface area contributed by atoms with E-state index in [0.29, 0.717) is 18.8 Å². The molecule has 0 amide bonds. The Morgan fingerprint density at radius 3 is 2.30 bits per heavy atom. The molecule has 6 heteroatoms. The fourth-order valence-electron chi connectivity index (χ4n) is 5.24. The van der Waals surface area contributed by atoms with Crippen LogP contribution < -0.4 is 0 Å². The number of piperazine rings is 1. The molecular weight excluding hydrogens is 389 g/mol. The highest BCUT2D eigenvalue weighted by Crippen LogP contribution is 2.32. The molecule has 178 valence electrons. The van der Waals surface area contributed by atoms with Gasteiger partial charge in [0.1, 0.15) is 6.04 Å². The lowest BCUT2D eigenvalue weighted by atomic mass is 9.84. The first-order valence-electron chi connectivity index (χ1n) is 12.4. The lowest BCUT2D eigenvalue weighted by Crippen LogP contribution is -2.61. The summed E-state index contributed by atoms with van der Waals surface area (Å²) < 4.78 is 46.9. The number of alkyl halides is 3. The van der Waals surface area contributed by atoms with Crippen molar-refractivity contribution in [3.63, 3.8) is 0 Å². The van der Waals surface area contributed by atoms with Gasteiger partial charge < -0.3 is 9.64 Å². The second-order valence-electron chi connectivity index (χ2n) is 9.73. The normalized spacial score (nSPS) is 29.1. The van der Waals surface area contributed by atoms with Crippen molar-refractivity contribution < 1.29 is 17.9 Å². The van der Waals surface area contributed by atoms with E-state index in [2.05, 4.69) is 13.8 Å². The molecule has 2 unspecified atom stereocenters. The van der Waals surface area contributed by atoms with E-state index in [0.717, 1.165) is 44.7 Å². The first-order chi connectivity index (χ1) is 14.2. The topological polar surface area (TPSA) is 15.7 Å². The number of halogens is 3. The maximum Gasteiger partial charge on any atom is 0.405 e. The van der Waals surface area contributed by atoms with Gasteiger partial charge in [0.05, 0.1) is 12.2 Å². The zero-order valence-corrected chi connectivity index (χ0v) is 19.7. The Hall–Kier alpha value is -0.330. The minimum atomic E-state index is -4.14. The van der Waals surface area contributed by atoms with E-state index in [1.165, 1.54) is 38.5 Å². The predicted octanol–water partition coefficient (Wildman–Crippen LogP) is 6.27. The lowest BCUT2D eigenvalue weighted by molar-refractivity contribution is -0.203. The molecule has 3 nitrogen and oxygen atoms in total. The first kappa shape index (κ1) is 25.9. The van der Waals surface area contributed by atoms with Crippen molar-refractivity contribution in [2.45, 2.75) is 122 Å². The molecule has 2 aliphatic rings. The van der Waals surface area contributed by atoms with Crippen molar-refractivity contribution in [1.29, 1.82) is 0 Å². The number of hydrogen-bond donors (Lipinski definition) is 0. The zero-order valence-electron chi connectivity index (χ0n) is 19.7. The maximum absolute atomic E-state index is 13.6. The van der Waals surface area contributed by atoms with Crippen LogP contribution in [0, 0.1) is 5.92 Å². The molecule has 1 aliphatic heterocycles. The van der Waals surface area contributed by atoms with Crippen LogP contribution in [0.25, 0.3) is 0 Å². The summed E-state index contributed by atoms with van der Waals surface area (Å²) in [5, 5.41) is 0. The second-order valence-corrected chi connectivity index (χ2v) is 9.73. The molecule has 1 aliphatic carbocycles. The van der Waals surface area contributed by atoms with Gasteiger partial charge in [-0.15, -0.1) is 0 Å². The molecule has 0 spiro atoms. The average Bonchev–Trinajstić information content (AvgIpc) is 2.71. The summed E-state index contributed by atoms with van der Waals surface area (Å²) in [5.74, 6) is 0.775. The minimum Gasteiger partial charge on any atom is -0.375 e. The van der Waals surface area contributed by atoms with Gasteiger partial charge in [-0.05, 0) is 71.3 Å². The Labute approximate surface area is 182 Å². The standard InChI is InChI=1S/C24H45F3N2O/c1-5-9-20(4)30-22-13-11-21(12-14-22)10-7-8-15-28-16-17-29(19(3)6-2)23(18-28)24(25,26)27/h19-23H,5-18H2,1-4H3/t19?,20?,21-,22-,23-/m1/s1. The fourth-order valence-corrected chi connectivity index (χ4v) is 5.24. The molecule has 1 saturated carbocycles. The van der Waals surface area contributed by atoms with E-state index in [9.17, 15) is 13.2 Å². The van der Waals surface area contributed by atoms with Gasteiger partial charge in [-0.1, -0.05) is 33.1 Å². The SMILES string of the molecule is CCCC(C)O[C@H]1CC[C@H](CCCCN2CCN(C(C)CC)[C@@H](C(F)(F)F)C2)CC1. The van der Waals surface area contributed by atoms with Gasteiger partial charge in [0.15, 0.2) is 0 Å². The number of hydrogen-bond acceptors (Lipinski definition) is 3. The van der Waals surface area contributed by atoms with Gasteiger partial charge in [-0.25, -0.2) is 0 Å². The minimum absolute atomic E-state index is 0.0113. The van der Waals surface area contributed by atoms with Crippen LogP contribution >= 0.6 is 0 Å². The molecule has 3 atom stereocenters. The van der Waals surface area contributed by atoms with Gasteiger partial charge in [0.25, 0.3) is 0 Å². The number of nitrogens with zero attached hydrogens (tertiary/aromatic N) is 2. The van der Waals surface area contributed by atoms with Crippen LogP contribution in [-0.4, -0.2) is 66.4 Å². The molecule has 0 aromatic rings. The molecule has 30 heavy (non-hydrogen) atoms. The molecule has 1 heterocycles. The third-order valence-corrected chi connectivity index (χ3v) is 7.29. The van der Waals surface area contributed by atoms with Crippen LogP contribution in [0.1, 0.15) is 91.9 Å². The number of rotatable bonds is 11. The summed E-state index contributed by atoms with van der Waals surface area (Å²) in [5.41, 5.74) is 0. The summed E-state index contributed by atoms with van der Waals surface area (Å²) >= 11 is 0. The number of unbranched alkanes of at least 4 members (excludes halogenated alkanes) is 1. The highest BCUT2D eigenvalue weighted by Gasteiger charge is 2.47. The largest absolute Gasteiger partial charge is 0.405 e. The molecule has 0 aromatic heterocycles. The molecule has 0 N–H and O–H groups in total. The monoisotopic (exact) mass is 434 g/mol. The molecule has 0 aromatic carbocycles. The van der Waals surface area contributed by atoms with Crippen molar-refractivity contribution >= 4 is 0 Å². The molecule has 0 bridgehead atoms. The van der Waals surface area contributed by atoms with Crippen LogP contribution in [-0.2, 0) is 4.74 Å². The van der Waals surface area contributed by atoms with E-state index in [-0.39, 0.29) is 12.6 Å². The van der Waals surface area contributed by atoms with E-state index < -0.39 is 12.2 Å². The van der Waals surface area contributed by atoms with Gasteiger partial charge in [-0.2, -0.15) is 13.2 Å². The highest BCUT2D eigenvalue weighted by molar-refractivity contribution is 4.89. The molecular formula is C24H45F3N2O. The molecule has 2 fully saturated rings. The summed E-state index contributed by atoms with van der Waals surface area (Å²) in [7, 11) is 0. The van der Waals surface area contributed by atoms with E-state index >= 15 is 0 Å². The summed E-state index contributed by atoms with van der Waals surface area (Å²) in [6.45, 7) is 10.5. The Morgan fingerprint density at radius 2 is 1.70 bits per heavy atom. The Balaban J connectivity index is 1.64. The van der Waals surface area contributed by atoms with E-state index in [1.54, 1.807) is 4.90 Å². The van der Waals surface area contributed by atoms with Crippen molar-refractivity contribution in [3.8, 4) is 0 Å². The van der Waals surface area contributed by atoms with Crippen LogP contribution in [0.2, 0.25) is 0 Å². The van der Waals surface area contributed by atoms with E-state index in [4.69, 9.17) is 4.74 Å². The van der Waals surface area contributed by atoms with Crippen molar-refractivity contribution in [3.05, 3.63) is 0 Å². The predicted molar refractivity (Wildman–Crippen MR) is 118 cm³/mol. The van der Waals surface area contributed by atoms with Crippen LogP contribution in [0.4, 0.5) is 13.2 Å². The zero-order chi connectivity index (χ0) is 22.1. The molecule has 1 saturated heterocycles. The fraction of sp³-hybridized carbons (Fsp3) is 1.00. The molecule has 2 rings (SSSR count). The van der Waals surface area contributed by atoms with Crippen molar-refractivity contribution in [1.82, 2.24) is 9.80 Å². The number of ether oxygens (including phenoxy) is 1. The van der Waals surface area contributed by atoms with Crippen molar-refractivity contribution in [2.24, 2.45) is 5.92 Å². The average molecular weight is 435 g/mol. The summed E-state index contributed by atoms with van der Waals surface area (Å²) in [6.07, 6.45) is 7.92. The van der Waals surface area contributed by atoms with Crippen LogP contribution in [0.3, 0.4) is 0 Å². The highest BCUT2D eigenvalue weighted by atomic mass is 19.4. The van der Waals surface area contributed by atoms with Gasteiger partial charge in [0.2, 0.25) is 0 Å². The Bertz CT molecular complexity index is 466. The smallest absolute Gasteiger partial charge is 0.375 e. The van der Waals surface area contributed by atoms with Crippen LogP contribution in [0.5, 0.6) is 0 Å². The molecule has 0 radical (unpaired) electrons. The van der Waals surface area contributed by atoms with Crippen molar-refractivity contribution in [2.75, 3.05) is 26.2 Å². The van der Waals surface area contributed by atoms with E-state index in [1.807, 2.05) is 18.7 Å². The quantitative estimate of drug-likeness (QED) is 0.357. The summed E-state index contributed by atoms with van der Waals surface area (Å²) in [6, 6.07) is -1.32. The van der Waals surface area contributed by atoms with Gasteiger partial charge in [0, 0.05) is 25.7 Å². The third-order valence-electron chi connectivity index (χ3n) is 7.29. The maximum atomic E-state index is 13.6. The summed E-state index contributed by atoms with van der Waals surface area (Å²) in [4.78, 5) is 3.70. The Morgan fingerprint density at radius 1 is 1.00 bits per heavy atom. The first-order valence-corrected chi connectivity index (χ1v) is 12.4. The third kappa shape index (κ3) is 8.31. The van der Waals surface area contributed by atoms with Gasteiger partial charge >= 0.3 is 6.18 Å². The van der Waals surface area contributed by atoms with Gasteiger partial charge in [-0.3, -0.25) is 4.90 Å². The lowest BCUT2D eigenvalue weighted by Gasteiger charge is -2.44. The van der Waals surface area contributed by atoms with Crippen LogP contribution in [0.15, 0.2) is 0 Å². The Kier molecular flexibility index (Phi) is 10.9.